The Bertz CT molecular complexity index is 780. The first-order valence-electron chi connectivity index (χ1n) is 10.1. The average Bonchev–Trinajstić information content (AvgIpc) is 3.33. The number of amides is 2. The van der Waals surface area contributed by atoms with Crippen molar-refractivity contribution in [1.29, 1.82) is 0 Å². The van der Waals surface area contributed by atoms with Crippen molar-refractivity contribution >= 4 is 29.5 Å². The van der Waals surface area contributed by atoms with Gasteiger partial charge in [0.15, 0.2) is 0 Å². The van der Waals surface area contributed by atoms with Gasteiger partial charge in [-0.3, -0.25) is 9.59 Å². The maximum atomic E-state index is 12.4. The number of aliphatic carboxylic acids is 1. The SMILES string of the molecule is CC(O)C1C(=O)N2C(C(=O)O)=C(SC3CN[C@H](C(O)[C@@H]4CCNC4=O)C3)[C@H](C)C12.O.[Ac]. The van der Waals surface area contributed by atoms with Gasteiger partial charge in [-0.1, -0.05) is 6.92 Å². The molecule has 0 aromatic rings. The van der Waals surface area contributed by atoms with Gasteiger partial charge in [-0.2, -0.15) is 0 Å². The van der Waals surface area contributed by atoms with E-state index in [1.165, 1.54) is 16.7 Å². The summed E-state index contributed by atoms with van der Waals surface area (Å²) in [5, 5.41) is 36.3. The van der Waals surface area contributed by atoms with Crippen LogP contribution in [0.15, 0.2) is 10.6 Å². The summed E-state index contributed by atoms with van der Waals surface area (Å²) in [6.45, 7) is 4.62. The number of rotatable bonds is 6. The number of carbonyl (C=O) groups excluding carboxylic acids is 2. The first-order chi connectivity index (χ1) is 13.7. The zero-order valence-electron chi connectivity index (χ0n) is 17.4. The molecule has 8 atom stereocenters. The average molecular weight is 671 g/mol. The summed E-state index contributed by atoms with van der Waals surface area (Å²) in [5.74, 6) is -2.76. The number of thioether (sulfide) groups is 1. The predicted octanol–water partition coefficient (Wildman–Crippen LogP) is -1.72. The molecule has 4 rings (SSSR count). The summed E-state index contributed by atoms with van der Waals surface area (Å²) in [6.07, 6.45) is -0.383. The molecule has 7 N–H and O–H groups in total. The topological polar surface area (TPSA) is 171 Å². The first kappa shape index (κ1) is 27.0. The molecule has 31 heavy (non-hydrogen) atoms. The minimum absolute atomic E-state index is 0. The third kappa shape index (κ3) is 4.59. The van der Waals surface area contributed by atoms with Crippen LogP contribution in [0.2, 0.25) is 0 Å². The summed E-state index contributed by atoms with van der Waals surface area (Å²) in [5.41, 5.74) is 0.0218. The Morgan fingerprint density at radius 3 is 2.52 bits per heavy atom. The molecule has 0 aromatic heterocycles. The fraction of sp³-hybridized carbons (Fsp3) is 0.737. The van der Waals surface area contributed by atoms with Crippen molar-refractivity contribution in [3.05, 3.63) is 10.6 Å². The molecule has 1 radical (unpaired) electrons. The number of aliphatic hydroxyl groups excluding tert-OH is 2. The molecule has 3 fully saturated rings. The number of carboxylic acids is 1. The molecule has 4 aliphatic heterocycles. The van der Waals surface area contributed by atoms with E-state index >= 15 is 0 Å². The van der Waals surface area contributed by atoms with Crippen LogP contribution >= 0.6 is 11.8 Å². The first-order valence-corrected chi connectivity index (χ1v) is 10.9. The number of β-lactam (4-membered cyclic amide) rings is 1. The van der Waals surface area contributed by atoms with Gasteiger partial charge in [-0.05, 0) is 19.8 Å². The van der Waals surface area contributed by atoms with E-state index in [2.05, 4.69) is 10.6 Å². The molecule has 171 valence electrons. The molecule has 0 aliphatic carbocycles. The van der Waals surface area contributed by atoms with Gasteiger partial charge in [-0.15, -0.1) is 11.8 Å². The number of carboxylic acid groups (broad SMARTS) is 1. The van der Waals surface area contributed by atoms with Crippen molar-refractivity contribution in [2.75, 3.05) is 13.1 Å². The van der Waals surface area contributed by atoms with E-state index in [1.54, 1.807) is 6.92 Å². The van der Waals surface area contributed by atoms with Gasteiger partial charge in [0, 0.05) is 79.3 Å². The zero-order chi connectivity index (χ0) is 21.0. The van der Waals surface area contributed by atoms with Crippen molar-refractivity contribution in [1.82, 2.24) is 15.5 Å². The van der Waals surface area contributed by atoms with Gasteiger partial charge in [0.05, 0.1) is 30.1 Å². The minimum atomic E-state index is -1.13. The van der Waals surface area contributed by atoms with Crippen LogP contribution in [0.3, 0.4) is 0 Å². The Labute approximate surface area is 220 Å². The van der Waals surface area contributed by atoms with Gasteiger partial charge >= 0.3 is 5.97 Å². The smallest absolute Gasteiger partial charge is 0.353 e. The van der Waals surface area contributed by atoms with E-state index in [0.717, 1.165) is 0 Å². The second kappa shape index (κ2) is 10.4. The van der Waals surface area contributed by atoms with Crippen LogP contribution in [0.1, 0.15) is 26.7 Å². The summed E-state index contributed by atoms with van der Waals surface area (Å²) >= 11 is 1.44. The van der Waals surface area contributed by atoms with E-state index in [9.17, 15) is 29.7 Å². The zero-order valence-corrected chi connectivity index (χ0v) is 23.0. The molecular weight excluding hydrogens is 641 g/mol. The Morgan fingerprint density at radius 2 is 1.97 bits per heavy atom. The molecule has 10 nitrogen and oxygen atoms in total. The van der Waals surface area contributed by atoms with Crippen LogP contribution in [0.4, 0.5) is 0 Å². The maximum absolute atomic E-state index is 12.4. The Hall–Kier alpha value is -0.218. The van der Waals surface area contributed by atoms with Gasteiger partial charge in [0.25, 0.3) is 0 Å². The number of nitrogens with one attached hydrogen (secondary N) is 2. The third-order valence-corrected chi connectivity index (χ3v) is 8.16. The molecule has 4 heterocycles. The van der Waals surface area contributed by atoms with Crippen LogP contribution < -0.4 is 10.6 Å². The molecular formula is C19H29AcN3O7S. The van der Waals surface area contributed by atoms with Crippen LogP contribution in [-0.4, -0.2) is 86.1 Å². The van der Waals surface area contributed by atoms with Crippen molar-refractivity contribution in [3.63, 3.8) is 0 Å². The second-order valence-corrected chi connectivity index (χ2v) is 9.78. The van der Waals surface area contributed by atoms with Crippen molar-refractivity contribution in [2.24, 2.45) is 17.8 Å². The molecule has 0 saturated carbocycles. The molecule has 3 saturated heterocycles. The summed E-state index contributed by atoms with van der Waals surface area (Å²) in [7, 11) is 0. The monoisotopic (exact) mass is 670 g/mol. The molecule has 5 unspecified atom stereocenters. The number of hydrogen-bond donors (Lipinski definition) is 5. The predicted molar refractivity (Wildman–Crippen MR) is 108 cm³/mol. The number of carbonyl (C=O) groups is 3. The van der Waals surface area contributed by atoms with E-state index in [0.29, 0.717) is 30.8 Å². The summed E-state index contributed by atoms with van der Waals surface area (Å²) in [4.78, 5) is 38.2. The van der Waals surface area contributed by atoms with E-state index < -0.39 is 30.0 Å². The van der Waals surface area contributed by atoms with Crippen LogP contribution in [0.5, 0.6) is 0 Å². The minimum Gasteiger partial charge on any atom is -0.477 e. The summed E-state index contributed by atoms with van der Waals surface area (Å²) < 4.78 is 0. The Kier molecular flexibility index (Phi) is 9.04. The molecule has 0 aromatic carbocycles. The Balaban J connectivity index is 0.00000171. The van der Waals surface area contributed by atoms with Crippen LogP contribution in [-0.2, 0) is 14.4 Å². The maximum Gasteiger partial charge on any atom is 0.353 e. The third-order valence-electron chi connectivity index (χ3n) is 6.65. The molecule has 0 bridgehead atoms. The molecule has 0 spiro atoms. The number of hydrogen-bond acceptors (Lipinski definition) is 7. The van der Waals surface area contributed by atoms with Gasteiger partial charge in [0.2, 0.25) is 11.8 Å². The molecule has 4 aliphatic rings. The largest absolute Gasteiger partial charge is 0.477 e. The standard InChI is InChI=1S/C19H27N3O6S.Ac.H2O/c1-7-13-12(8(2)23)18(26)22(13)14(19(27)28)16(7)29-9-5-11(21-6-9)15(24)10-3-4-20-17(10)25;;/h7-13,15,21,23-24H,3-6H2,1-2H3,(H,20,25)(H,27,28);;1H2/t7-,8?,9?,10+,11+,12?,13?,15?;;/m1../s1. The summed E-state index contributed by atoms with van der Waals surface area (Å²) in [6, 6.07) is -0.551. The van der Waals surface area contributed by atoms with Crippen LogP contribution in [0.25, 0.3) is 0 Å². The quantitative estimate of drug-likeness (QED) is 0.208. The van der Waals surface area contributed by atoms with Crippen molar-refractivity contribution in [2.45, 2.75) is 56.2 Å². The second-order valence-electron chi connectivity index (χ2n) is 8.44. The van der Waals surface area contributed by atoms with Gasteiger partial charge in [0.1, 0.15) is 5.70 Å². The number of fused-ring (bicyclic) bond motifs is 1. The fourth-order valence-electron chi connectivity index (χ4n) is 5.16. The van der Waals surface area contributed by atoms with Gasteiger partial charge < -0.3 is 36.3 Å². The van der Waals surface area contributed by atoms with Gasteiger partial charge in [-0.25, -0.2) is 4.79 Å². The van der Waals surface area contributed by atoms with Crippen molar-refractivity contribution < 1.29 is 79.2 Å². The van der Waals surface area contributed by atoms with Crippen molar-refractivity contribution in [3.8, 4) is 0 Å². The number of nitrogens with zero attached hydrogens (tertiary/aromatic N) is 1. The normalized spacial score (nSPS) is 36.2. The fourth-order valence-corrected chi connectivity index (χ4v) is 6.65. The van der Waals surface area contributed by atoms with E-state index in [4.69, 9.17) is 0 Å². The molecule has 12 heteroatoms. The molecule has 2 amide bonds. The van der Waals surface area contributed by atoms with E-state index in [1.807, 2.05) is 6.92 Å². The Morgan fingerprint density at radius 1 is 1.29 bits per heavy atom. The number of aliphatic hydroxyl groups is 2. The van der Waals surface area contributed by atoms with E-state index in [-0.39, 0.29) is 90.3 Å². The van der Waals surface area contributed by atoms with Crippen LogP contribution in [0, 0.1) is 61.8 Å².